The number of aromatic amines is 1. The predicted molar refractivity (Wildman–Crippen MR) is 104 cm³/mol. The van der Waals surface area contributed by atoms with E-state index in [-0.39, 0.29) is 5.82 Å². The number of hydrogen-bond acceptors (Lipinski definition) is 5. The largest absolute Gasteiger partial charge is 0.357 e. The molecule has 1 fully saturated rings. The first-order valence-electron chi connectivity index (χ1n) is 9.21. The standard InChI is InChI=1S/C20H23FN6/c1-13-10-18(25-20(22-2)24-13)27-9-3-4-15(12-27)19-17(11-23-26-19)14-5-7-16(21)8-6-14/h5-8,10-11,15H,3-4,9,12H2,1-2H3,(H,23,26)(H,22,24,25). The third-order valence-electron chi connectivity index (χ3n) is 5.04. The first-order chi connectivity index (χ1) is 13.1. The number of rotatable bonds is 4. The van der Waals surface area contributed by atoms with Crippen molar-refractivity contribution in [2.45, 2.75) is 25.7 Å². The van der Waals surface area contributed by atoms with Gasteiger partial charge in [0.05, 0.1) is 6.20 Å². The lowest BCUT2D eigenvalue weighted by atomic mass is 9.90. The molecule has 3 heterocycles. The molecule has 6 nitrogen and oxygen atoms in total. The molecule has 1 aromatic carbocycles. The number of halogens is 1. The highest BCUT2D eigenvalue weighted by atomic mass is 19.1. The van der Waals surface area contributed by atoms with E-state index in [0.29, 0.717) is 11.9 Å². The quantitative estimate of drug-likeness (QED) is 0.736. The maximum Gasteiger partial charge on any atom is 0.224 e. The van der Waals surface area contributed by atoms with E-state index >= 15 is 0 Å². The molecule has 1 atom stereocenters. The summed E-state index contributed by atoms with van der Waals surface area (Å²) in [4.78, 5) is 11.3. The number of piperidine rings is 1. The number of nitrogens with one attached hydrogen (secondary N) is 2. The Bertz CT molecular complexity index is 920. The van der Waals surface area contributed by atoms with Crippen LogP contribution >= 0.6 is 0 Å². The molecule has 0 bridgehead atoms. The molecule has 7 heteroatoms. The van der Waals surface area contributed by atoms with Gasteiger partial charge in [-0.25, -0.2) is 9.37 Å². The molecule has 0 radical (unpaired) electrons. The minimum atomic E-state index is -0.230. The average Bonchev–Trinajstić information content (AvgIpc) is 3.18. The fourth-order valence-corrected chi connectivity index (χ4v) is 3.71. The maximum atomic E-state index is 13.3. The van der Waals surface area contributed by atoms with Crippen molar-refractivity contribution < 1.29 is 4.39 Å². The van der Waals surface area contributed by atoms with E-state index < -0.39 is 0 Å². The van der Waals surface area contributed by atoms with Gasteiger partial charge < -0.3 is 10.2 Å². The second-order valence-corrected chi connectivity index (χ2v) is 6.93. The summed E-state index contributed by atoms with van der Waals surface area (Å²) in [6.07, 6.45) is 3.98. The van der Waals surface area contributed by atoms with Crippen LogP contribution in [0.5, 0.6) is 0 Å². The van der Waals surface area contributed by atoms with Gasteiger partial charge >= 0.3 is 0 Å². The van der Waals surface area contributed by atoms with Gasteiger partial charge in [-0.1, -0.05) is 12.1 Å². The summed E-state index contributed by atoms with van der Waals surface area (Å²) in [7, 11) is 1.83. The van der Waals surface area contributed by atoms with Crippen molar-refractivity contribution in [3.8, 4) is 11.1 Å². The van der Waals surface area contributed by atoms with Crippen LogP contribution in [0.1, 0.15) is 30.1 Å². The summed E-state index contributed by atoms with van der Waals surface area (Å²) >= 11 is 0. The second-order valence-electron chi connectivity index (χ2n) is 6.93. The maximum absolute atomic E-state index is 13.3. The van der Waals surface area contributed by atoms with E-state index in [2.05, 4.69) is 30.4 Å². The third-order valence-corrected chi connectivity index (χ3v) is 5.04. The van der Waals surface area contributed by atoms with Gasteiger partial charge in [0, 0.05) is 49.1 Å². The van der Waals surface area contributed by atoms with Gasteiger partial charge in [-0.3, -0.25) is 5.10 Å². The molecular weight excluding hydrogens is 343 g/mol. The van der Waals surface area contributed by atoms with Crippen LogP contribution in [0.15, 0.2) is 36.5 Å². The Morgan fingerprint density at radius 2 is 2.04 bits per heavy atom. The van der Waals surface area contributed by atoms with Crippen molar-refractivity contribution in [2.75, 3.05) is 30.4 Å². The summed E-state index contributed by atoms with van der Waals surface area (Å²) in [5.41, 5.74) is 4.06. The SMILES string of the molecule is CNc1nc(C)cc(N2CCCC(c3[nH]ncc3-c3ccc(F)cc3)C2)n1. The highest BCUT2D eigenvalue weighted by Gasteiger charge is 2.26. The Morgan fingerprint density at radius 3 is 2.81 bits per heavy atom. The zero-order valence-corrected chi connectivity index (χ0v) is 15.5. The van der Waals surface area contributed by atoms with Crippen molar-refractivity contribution in [3.05, 3.63) is 53.7 Å². The van der Waals surface area contributed by atoms with Gasteiger partial charge in [0.25, 0.3) is 0 Å². The number of H-pyrrole nitrogens is 1. The van der Waals surface area contributed by atoms with Crippen molar-refractivity contribution in [2.24, 2.45) is 0 Å². The van der Waals surface area contributed by atoms with Crippen molar-refractivity contribution in [1.29, 1.82) is 0 Å². The smallest absolute Gasteiger partial charge is 0.224 e. The van der Waals surface area contributed by atoms with Gasteiger partial charge in [0.1, 0.15) is 11.6 Å². The van der Waals surface area contributed by atoms with Crippen LogP contribution in [0, 0.1) is 12.7 Å². The molecule has 4 rings (SSSR count). The van der Waals surface area contributed by atoms with Crippen molar-refractivity contribution in [1.82, 2.24) is 20.2 Å². The summed E-state index contributed by atoms with van der Waals surface area (Å²) in [5, 5.41) is 10.5. The molecule has 1 saturated heterocycles. The molecule has 27 heavy (non-hydrogen) atoms. The van der Waals surface area contributed by atoms with Gasteiger partial charge in [-0.05, 0) is 37.5 Å². The molecule has 2 N–H and O–H groups in total. The summed E-state index contributed by atoms with van der Waals surface area (Å²) in [6, 6.07) is 8.61. The molecule has 3 aromatic rings. The van der Waals surface area contributed by atoms with Crippen molar-refractivity contribution in [3.63, 3.8) is 0 Å². The van der Waals surface area contributed by atoms with Crippen molar-refractivity contribution >= 4 is 11.8 Å². The van der Waals surface area contributed by atoms with Crippen LogP contribution in [0.25, 0.3) is 11.1 Å². The van der Waals surface area contributed by atoms with E-state index in [1.807, 2.05) is 26.2 Å². The van der Waals surface area contributed by atoms with Crippen LogP contribution in [-0.2, 0) is 0 Å². The minimum absolute atomic E-state index is 0.230. The second kappa shape index (κ2) is 7.34. The Balaban J connectivity index is 1.60. The van der Waals surface area contributed by atoms with Crippen LogP contribution in [0.3, 0.4) is 0 Å². The highest BCUT2D eigenvalue weighted by molar-refractivity contribution is 5.66. The number of benzene rings is 1. The lowest BCUT2D eigenvalue weighted by Gasteiger charge is -2.33. The van der Waals surface area contributed by atoms with E-state index in [9.17, 15) is 4.39 Å². The lowest BCUT2D eigenvalue weighted by molar-refractivity contribution is 0.498. The first kappa shape index (κ1) is 17.5. The third kappa shape index (κ3) is 3.63. The number of aromatic nitrogens is 4. The highest BCUT2D eigenvalue weighted by Crippen LogP contribution is 2.34. The number of hydrogen-bond donors (Lipinski definition) is 2. The Labute approximate surface area is 157 Å². The molecule has 0 spiro atoms. The summed E-state index contributed by atoms with van der Waals surface area (Å²) in [5.74, 6) is 1.67. The predicted octanol–water partition coefficient (Wildman–Crippen LogP) is 3.74. The molecule has 1 unspecified atom stereocenters. The fourth-order valence-electron chi connectivity index (χ4n) is 3.71. The number of anilines is 2. The average molecular weight is 366 g/mol. The van der Waals surface area contributed by atoms with E-state index in [1.54, 1.807) is 12.1 Å². The fraction of sp³-hybridized carbons (Fsp3) is 0.350. The zero-order chi connectivity index (χ0) is 18.8. The molecule has 1 aliphatic heterocycles. The van der Waals surface area contributed by atoms with Crippen LogP contribution in [-0.4, -0.2) is 40.3 Å². The number of aryl methyl sites for hydroxylation is 1. The van der Waals surface area contributed by atoms with Gasteiger partial charge in [-0.15, -0.1) is 0 Å². The van der Waals surface area contributed by atoms with Crippen LogP contribution < -0.4 is 10.2 Å². The normalized spacial score (nSPS) is 17.1. The Morgan fingerprint density at radius 1 is 1.22 bits per heavy atom. The minimum Gasteiger partial charge on any atom is -0.357 e. The topological polar surface area (TPSA) is 69.7 Å². The van der Waals surface area contributed by atoms with Crippen LogP contribution in [0.2, 0.25) is 0 Å². The van der Waals surface area contributed by atoms with E-state index in [4.69, 9.17) is 0 Å². The monoisotopic (exact) mass is 366 g/mol. The van der Waals surface area contributed by atoms with E-state index in [0.717, 1.165) is 54.3 Å². The van der Waals surface area contributed by atoms with Crippen LogP contribution in [0.4, 0.5) is 16.2 Å². The Kier molecular flexibility index (Phi) is 4.75. The zero-order valence-electron chi connectivity index (χ0n) is 15.5. The molecule has 2 aromatic heterocycles. The molecule has 1 aliphatic rings. The molecule has 0 aliphatic carbocycles. The Hall–Kier alpha value is -2.96. The molecule has 0 amide bonds. The van der Waals surface area contributed by atoms with Gasteiger partial charge in [0.15, 0.2) is 0 Å². The van der Waals surface area contributed by atoms with E-state index in [1.165, 1.54) is 12.1 Å². The van der Waals surface area contributed by atoms with Gasteiger partial charge in [0.2, 0.25) is 5.95 Å². The summed E-state index contributed by atoms with van der Waals surface area (Å²) in [6.45, 7) is 3.81. The summed E-state index contributed by atoms with van der Waals surface area (Å²) < 4.78 is 13.3. The molecule has 140 valence electrons. The molecule has 0 saturated carbocycles. The molecular formula is C20H23FN6. The first-order valence-corrected chi connectivity index (χ1v) is 9.21. The van der Waals surface area contributed by atoms with Gasteiger partial charge in [-0.2, -0.15) is 10.1 Å². The lowest BCUT2D eigenvalue weighted by Crippen LogP contribution is -2.35. The number of nitrogens with zero attached hydrogens (tertiary/aromatic N) is 4.